The molecule has 0 atom stereocenters. The standard InChI is InChI=1S/C34H50INO3Si.C32H41N3O3S/c1-24-21-28(17-20-32(24)38-5)26-13-11-25(12-14-26)23-36(30-10-8-9-29(35)22-30)33(37)27-15-18-31(19-16-27)39-40(6,7)34(2,3)4;1-22-18-26(12-15-30(22)38-2)24-8-6-23(7-9-24)21-35(32(37)25-10-13-29(36)14-11-25)28-5-3-4-27(19-28)34-20-31-33-16-17-39-31/h8-10,17,20-22,25-27,31H,11-16,18-19,23H2,1-7H3;3-5,12,15-19,23-25,29,34,36H,6-11,13-14,20-21H2,1-2H3. The number of methoxy groups -OCH3 is 2. The molecular weight excluding hydrogens is 1130 g/mol. The van der Waals surface area contributed by atoms with Crippen LogP contribution in [0.15, 0.2) is 96.5 Å². The van der Waals surface area contributed by atoms with Crippen LogP contribution in [0.3, 0.4) is 0 Å². The lowest BCUT2D eigenvalue weighted by molar-refractivity contribution is -0.124. The summed E-state index contributed by atoms with van der Waals surface area (Å²) in [5.41, 5.74) is 8.25. The Labute approximate surface area is 492 Å². The average Bonchev–Trinajstić information content (AvgIpc) is 4.00. The number of hydrogen-bond acceptors (Lipinski definition) is 9. The Kier molecular flexibility index (Phi) is 21.7. The summed E-state index contributed by atoms with van der Waals surface area (Å²) >= 11 is 4.00. The molecule has 1 aromatic heterocycles. The highest BCUT2D eigenvalue weighted by molar-refractivity contribution is 14.1. The van der Waals surface area contributed by atoms with Crippen molar-refractivity contribution in [2.75, 3.05) is 42.4 Å². The number of carbonyl (C=O) groups excluding carboxylic acids is 2. The smallest absolute Gasteiger partial charge is 0.230 e. The molecule has 0 saturated heterocycles. The molecule has 0 radical (unpaired) electrons. The predicted molar refractivity (Wildman–Crippen MR) is 337 cm³/mol. The van der Waals surface area contributed by atoms with Crippen LogP contribution < -0.4 is 24.6 Å². The summed E-state index contributed by atoms with van der Waals surface area (Å²) in [7, 11) is 1.67. The summed E-state index contributed by atoms with van der Waals surface area (Å²) in [6.07, 6.45) is 17.9. The number of carbonyl (C=O) groups is 2. The van der Waals surface area contributed by atoms with E-state index in [9.17, 15) is 14.7 Å². The van der Waals surface area contributed by atoms with Gasteiger partial charge in [-0.2, -0.15) is 0 Å². The number of ether oxygens (including phenoxy) is 2. The highest BCUT2D eigenvalue weighted by Gasteiger charge is 2.41. The summed E-state index contributed by atoms with van der Waals surface area (Å²) in [5.74, 6) is 4.69. The second kappa shape index (κ2) is 28.1. The van der Waals surface area contributed by atoms with Crippen LogP contribution in [0.1, 0.15) is 163 Å². The molecule has 5 aromatic rings. The molecule has 0 unspecified atom stereocenters. The van der Waals surface area contributed by atoms with E-state index in [2.05, 4.69) is 169 Å². The maximum absolute atomic E-state index is 14.1. The lowest BCUT2D eigenvalue weighted by Crippen LogP contribution is -2.46. The van der Waals surface area contributed by atoms with E-state index in [1.807, 2.05) is 17.6 Å². The summed E-state index contributed by atoms with van der Waals surface area (Å²) in [4.78, 5) is 36.6. The lowest BCUT2D eigenvalue weighted by Gasteiger charge is -2.41. The maximum atomic E-state index is 14.1. The molecule has 4 fully saturated rings. The first-order valence-corrected chi connectivity index (χ1v) is 34.5. The largest absolute Gasteiger partial charge is 0.496 e. The van der Waals surface area contributed by atoms with Gasteiger partial charge in [0.2, 0.25) is 11.8 Å². The Bertz CT molecular complexity index is 2740. The third kappa shape index (κ3) is 16.5. The molecule has 4 aliphatic carbocycles. The van der Waals surface area contributed by atoms with Gasteiger partial charge in [-0.15, -0.1) is 11.3 Å². The molecule has 4 aliphatic rings. The highest BCUT2D eigenvalue weighted by atomic mass is 127. The van der Waals surface area contributed by atoms with Gasteiger partial charge < -0.3 is 34.1 Å². The van der Waals surface area contributed by atoms with Crippen LogP contribution in [0.5, 0.6) is 11.5 Å². The van der Waals surface area contributed by atoms with Gasteiger partial charge in [0, 0.05) is 63.2 Å². The SMILES string of the molecule is COc1ccc(C2CCC(CN(C(=O)C3CCC(O)CC3)c3cccc(NCc4nccs4)c3)CC2)cc1C.COc1ccc(C2CCC(CN(C(=O)C3CCC(O[Si](C)(C)C(C)(C)C)CC3)c3cccc(I)c3)CC2)cc1C. The first-order chi connectivity index (χ1) is 37.9. The number of aliphatic hydroxyl groups excluding tert-OH is 1. The Morgan fingerprint density at radius 3 is 1.62 bits per heavy atom. The van der Waals surface area contributed by atoms with Crippen LogP contribution in [0.25, 0.3) is 0 Å². The normalized spacial score (nSPS) is 23.6. The lowest BCUT2D eigenvalue weighted by atomic mass is 9.78. The molecular formula is C66H91IN4O6SSi. The van der Waals surface area contributed by atoms with Crippen LogP contribution in [-0.2, 0) is 20.6 Å². The van der Waals surface area contributed by atoms with Crippen LogP contribution in [0.4, 0.5) is 17.1 Å². The van der Waals surface area contributed by atoms with Crippen molar-refractivity contribution in [1.82, 2.24) is 4.98 Å². The van der Waals surface area contributed by atoms with E-state index in [0.717, 1.165) is 124 Å². The Morgan fingerprint density at radius 2 is 1.16 bits per heavy atom. The number of amides is 2. The van der Waals surface area contributed by atoms with Gasteiger partial charge in [-0.1, -0.05) is 57.2 Å². The number of nitrogens with zero attached hydrogens (tertiary/aromatic N) is 3. The summed E-state index contributed by atoms with van der Waals surface area (Å²) in [5, 5.41) is 16.7. The minimum absolute atomic E-state index is 0.0149. The molecule has 0 bridgehead atoms. The molecule has 79 heavy (non-hydrogen) atoms. The fourth-order valence-electron chi connectivity index (χ4n) is 12.6. The minimum atomic E-state index is -1.79. The van der Waals surface area contributed by atoms with Crippen molar-refractivity contribution in [3.63, 3.8) is 0 Å². The molecule has 13 heteroatoms. The van der Waals surface area contributed by atoms with Gasteiger partial charge >= 0.3 is 0 Å². The van der Waals surface area contributed by atoms with Crippen molar-refractivity contribution in [2.24, 2.45) is 23.7 Å². The molecule has 4 aromatic carbocycles. The quantitative estimate of drug-likeness (QED) is 0.0699. The molecule has 0 spiro atoms. The van der Waals surface area contributed by atoms with Crippen LogP contribution in [0, 0.1) is 41.1 Å². The zero-order valence-electron chi connectivity index (χ0n) is 48.9. The number of nitrogens with one attached hydrogen (secondary N) is 1. The number of rotatable bonds is 17. The number of aliphatic hydroxyl groups is 1. The summed E-state index contributed by atoms with van der Waals surface area (Å²) < 4.78 is 18.8. The first-order valence-electron chi connectivity index (χ1n) is 29.6. The number of aromatic nitrogens is 1. The number of hydrogen-bond donors (Lipinski definition) is 2. The van der Waals surface area contributed by atoms with Crippen molar-refractivity contribution in [2.45, 2.75) is 186 Å². The van der Waals surface area contributed by atoms with Gasteiger partial charge in [-0.25, -0.2) is 4.98 Å². The van der Waals surface area contributed by atoms with E-state index in [0.29, 0.717) is 55.1 Å². The van der Waals surface area contributed by atoms with Gasteiger partial charge in [-0.3, -0.25) is 9.59 Å². The second-order valence-electron chi connectivity index (χ2n) is 25.0. The Hall–Kier alpha value is -4.28. The molecule has 2 N–H and O–H groups in total. The van der Waals surface area contributed by atoms with Crippen molar-refractivity contribution >= 4 is 71.1 Å². The third-order valence-corrected chi connectivity index (χ3v) is 24.4. The molecule has 9 rings (SSSR count). The number of thiazole rings is 1. The number of anilines is 3. The van der Waals surface area contributed by atoms with E-state index in [-0.39, 0.29) is 28.9 Å². The number of aryl methyl sites for hydroxylation is 2. The van der Waals surface area contributed by atoms with Gasteiger partial charge in [0.05, 0.1) is 26.9 Å². The molecule has 10 nitrogen and oxygen atoms in total. The van der Waals surface area contributed by atoms with E-state index < -0.39 is 8.32 Å². The van der Waals surface area contributed by atoms with Crippen LogP contribution in [0.2, 0.25) is 18.1 Å². The van der Waals surface area contributed by atoms with Gasteiger partial charge in [0.1, 0.15) is 16.5 Å². The predicted octanol–water partition coefficient (Wildman–Crippen LogP) is 16.4. The van der Waals surface area contributed by atoms with E-state index in [1.54, 1.807) is 25.6 Å². The molecule has 428 valence electrons. The van der Waals surface area contributed by atoms with E-state index in [1.165, 1.54) is 38.7 Å². The Morgan fingerprint density at radius 1 is 0.671 bits per heavy atom. The van der Waals surface area contributed by atoms with Gasteiger partial charge in [0.25, 0.3) is 0 Å². The van der Waals surface area contributed by atoms with Crippen molar-refractivity contribution < 1.29 is 28.6 Å². The topological polar surface area (TPSA) is 113 Å². The minimum Gasteiger partial charge on any atom is -0.496 e. The maximum Gasteiger partial charge on any atom is 0.230 e. The number of benzene rings is 4. The monoisotopic (exact) mass is 1220 g/mol. The summed E-state index contributed by atoms with van der Waals surface area (Å²) in [6.45, 7) is 18.1. The molecule has 2 amide bonds. The van der Waals surface area contributed by atoms with Crippen molar-refractivity contribution in [1.29, 1.82) is 0 Å². The Balaban J connectivity index is 0.000000208. The zero-order valence-corrected chi connectivity index (χ0v) is 52.9. The molecule has 4 saturated carbocycles. The fourth-order valence-corrected chi connectivity index (χ4v) is 15.1. The number of halogens is 1. The van der Waals surface area contributed by atoms with Gasteiger partial charge in [-0.05, 0) is 252 Å². The fraction of sp³-hybridized carbons (Fsp3) is 0.561. The van der Waals surface area contributed by atoms with E-state index in [4.69, 9.17) is 13.9 Å². The van der Waals surface area contributed by atoms with Crippen LogP contribution >= 0.6 is 33.9 Å². The van der Waals surface area contributed by atoms with Crippen molar-refractivity contribution in [3.8, 4) is 11.5 Å². The second-order valence-corrected chi connectivity index (χ2v) is 31.9. The van der Waals surface area contributed by atoms with Crippen molar-refractivity contribution in [3.05, 3.63) is 127 Å². The van der Waals surface area contributed by atoms with Gasteiger partial charge in [0.15, 0.2) is 8.32 Å². The highest BCUT2D eigenvalue weighted by Crippen LogP contribution is 2.43. The molecule has 1 heterocycles. The van der Waals surface area contributed by atoms with Crippen LogP contribution in [-0.4, -0.2) is 69.7 Å². The summed E-state index contributed by atoms with van der Waals surface area (Å²) in [6, 6.07) is 30.0. The first kappa shape index (κ1) is 60.8. The van der Waals surface area contributed by atoms with E-state index >= 15 is 0 Å². The average molecular weight is 1220 g/mol. The molecule has 0 aliphatic heterocycles. The zero-order chi connectivity index (χ0) is 56.3. The third-order valence-electron chi connectivity index (χ3n) is 18.4.